The van der Waals surface area contributed by atoms with Gasteiger partial charge in [-0.3, -0.25) is 9.36 Å². The Morgan fingerprint density at radius 3 is 1.74 bits per heavy atom. The first-order chi connectivity index (χ1) is 24.0. The van der Waals surface area contributed by atoms with E-state index in [0.29, 0.717) is 30.3 Å². The van der Waals surface area contributed by atoms with E-state index >= 15 is 0 Å². The molecule has 3 atom stereocenters. The highest BCUT2D eigenvalue weighted by atomic mass is 31.2. The number of carbonyl (C=O) groups excluding carboxylic acids is 1. The van der Waals surface area contributed by atoms with Crippen molar-refractivity contribution >= 4 is 13.7 Å². The van der Waals surface area contributed by atoms with Crippen molar-refractivity contribution in [1.82, 2.24) is 5.32 Å². The number of nitrogens with one attached hydrogen (secondary N) is 1. The van der Waals surface area contributed by atoms with Gasteiger partial charge in [-0.25, -0.2) is 0 Å². The van der Waals surface area contributed by atoms with Crippen LogP contribution in [0.2, 0.25) is 0 Å². The highest BCUT2D eigenvalue weighted by Gasteiger charge is 2.24. The number of phosphoric ester groups is 1. The zero-order valence-corrected chi connectivity index (χ0v) is 33.7. The highest BCUT2D eigenvalue weighted by molar-refractivity contribution is 7.45. The van der Waals surface area contributed by atoms with E-state index in [1.54, 1.807) is 0 Å². The van der Waals surface area contributed by atoms with E-state index in [1.165, 1.54) is 64.2 Å². The molecule has 0 aromatic rings. The Morgan fingerprint density at radius 2 is 1.22 bits per heavy atom. The molecule has 3 unspecified atom stereocenters. The van der Waals surface area contributed by atoms with E-state index in [2.05, 4.69) is 67.8 Å². The fraction of sp³-hybridized carbons (Fsp3) is 0.780. The Balaban J connectivity index is 4.54. The Labute approximate surface area is 308 Å². The summed E-state index contributed by atoms with van der Waals surface area (Å²) in [4.78, 5) is 25.2. The predicted octanol–water partition coefficient (Wildman–Crippen LogP) is 9.89. The van der Waals surface area contributed by atoms with Gasteiger partial charge in [0.2, 0.25) is 5.91 Å². The molecule has 0 rings (SSSR count). The van der Waals surface area contributed by atoms with Gasteiger partial charge in [0.15, 0.2) is 0 Å². The summed E-state index contributed by atoms with van der Waals surface area (Å²) >= 11 is 0. The van der Waals surface area contributed by atoms with Crippen LogP contribution >= 0.6 is 7.82 Å². The summed E-state index contributed by atoms with van der Waals surface area (Å²) in [5, 5.41) is 13.8. The Kier molecular flexibility index (Phi) is 32.3. The second-order valence-corrected chi connectivity index (χ2v) is 16.0. The van der Waals surface area contributed by atoms with Crippen LogP contribution in [0.25, 0.3) is 0 Å². The Hall–Kier alpha value is -1.54. The highest BCUT2D eigenvalue weighted by Crippen LogP contribution is 2.38. The lowest BCUT2D eigenvalue weighted by Crippen LogP contribution is -2.46. The minimum absolute atomic E-state index is 0.00208. The van der Waals surface area contributed by atoms with Crippen LogP contribution in [0.3, 0.4) is 0 Å². The normalized spacial score (nSPS) is 15.1. The van der Waals surface area contributed by atoms with E-state index in [4.69, 9.17) is 9.05 Å². The number of aliphatic hydroxyl groups is 1. The molecule has 50 heavy (non-hydrogen) atoms. The van der Waals surface area contributed by atoms with Crippen molar-refractivity contribution in [3.8, 4) is 0 Å². The van der Waals surface area contributed by atoms with E-state index in [9.17, 15) is 19.4 Å². The fourth-order valence-corrected chi connectivity index (χ4v) is 6.10. The van der Waals surface area contributed by atoms with Crippen LogP contribution < -0.4 is 10.2 Å². The number of aliphatic hydroxyl groups excluding tert-OH is 1. The first-order valence-electron chi connectivity index (χ1n) is 20.0. The van der Waals surface area contributed by atoms with Crippen LogP contribution in [-0.4, -0.2) is 68.5 Å². The van der Waals surface area contributed by atoms with Crippen molar-refractivity contribution in [2.75, 3.05) is 40.9 Å². The van der Waals surface area contributed by atoms with Crippen molar-refractivity contribution in [3.63, 3.8) is 0 Å². The molecule has 0 aromatic carbocycles. The number of hydrogen-bond donors (Lipinski definition) is 2. The molecule has 0 aromatic heterocycles. The number of carbonyl (C=O) groups is 1. The second-order valence-electron chi connectivity index (χ2n) is 14.6. The largest absolute Gasteiger partial charge is 0.756 e. The van der Waals surface area contributed by atoms with Crippen molar-refractivity contribution in [3.05, 3.63) is 48.6 Å². The van der Waals surface area contributed by atoms with Crippen molar-refractivity contribution < 1.29 is 32.9 Å². The fourth-order valence-electron chi connectivity index (χ4n) is 5.38. The number of likely N-dealkylation sites (N-methyl/N-ethyl adjacent to an activating group) is 1. The molecule has 0 heterocycles. The minimum atomic E-state index is -4.57. The maximum Gasteiger partial charge on any atom is 0.268 e. The van der Waals surface area contributed by atoms with Crippen LogP contribution in [0.15, 0.2) is 48.6 Å². The van der Waals surface area contributed by atoms with Gasteiger partial charge in [0.05, 0.1) is 39.9 Å². The molecule has 0 aliphatic carbocycles. The van der Waals surface area contributed by atoms with Gasteiger partial charge in [0.1, 0.15) is 13.2 Å². The summed E-state index contributed by atoms with van der Waals surface area (Å²) in [5.41, 5.74) is 0. The molecule has 0 aliphatic heterocycles. The summed E-state index contributed by atoms with van der Waals surface area (Å²) < 4.78 is 23.2. The zero-order valence-electron chi connectivity index (χ0n) is 32.8. The monoisotopic (exact) mass is 725 g/mol. The first-order valence-corrected chi connectivity index (χ1v) is 21.4. The molecule has 8 nitrogen and oxygen atoms in total. The number of hydrogen-bond acceptors (Lipinski definition) is 6. The predicted molar refractivity (Wildman–Crippen MR) is 210 cm³/mol. The third-order valence-corrected chi connectivity index (χ3v) is 9.55. The van der Waals surface area contributed by atoms with E-state index < -0.39 is 20.0 Å². The van der Waals surface area contributed by atoms with Crippen molar-refractivity contribution in [1.29, 1.82) is 0 Å². The molecular formula is C41H77N2O6P. The summed E-state index contributed by atoms with van der Waals surface area (Å²) in [6, 6.07) is -0.821. The zero-order chi connectivity index (χ0) is 37.2. The molecule has 0 aliphatic rings. The molecule has 0 fully saturated rings. The van der Waals surface area contributed by atoms with Crippen molar-refractivity contribution in [2.45, 2.75) is 167 Å². The molecule has 1 amide bonds. The lowest BCUT2D eigenvalue weighted by molar-refractivity contribution is -0.870. The van der Waals surface area contributed by atoms with E-state index in [1.807, 2.05) is 21.1 Å². The topological polar surface area (TPSA) is 108 Å². The van der Waals surface area contributed by atoms with Crippen LogP contribution in [-0.2, 0) is 18.4 Å². The first kappa shape index (κ1) is 48.5. The number of quaternary nitrogens is 1. The van der Waals surface area contributed by atoms with E-state index in [-0.39, 0.29) is 19.1 Å². The molecule has 0 saturated heterocycles. The van der Waals surface area contributed by atoms with Gasteiger partial charge >= 0.3 is 0 Å². The smallest absolute Gasteiger partial charge is 0.268 e. The van der Waals surface area contributed by atoms with Crippen LogP contribution in [0.4, 0.5) is 0 Å². The van der Waals surface area contributed by atoms with Crippen LogP contribution in [0.1, 0.15) is 155 Å². The summed E-state index contributed by atoms with van der Waals surface area (Å²) in [7, 11) is 1.27. The average Bonchev–Trinajstić information content (AvgIpc) is 3.06. The number of amides is 1. The molecule has 0 saturated carbocycles. The van der Waals surface area contributed by atoms with Gasteiger partial charge in [-0.15, -0.1) is 0 Å². The Bertz CT molecular complexity index is 959. The van der Waals surface area contributed by atoms with Gasteiger partial charge in [0, 0.05) is 6.42 Å². The third-order valence-electron chi connectivity index (χ3n) is 8.58. The van der Waals surface area contributed by atoms with Crippen LogP contribution in [0, 0.1) is 0 Å². The SMILES string of the molecule is CC/C=C\C/C=C\C/C=C\C/C=C\CCCCC(=O)NC(COP(=O)([O-])OCC[N+](C)(C)C)C(O)CCCCCCCCCCCCCCC. The lowest BCUT2D eigenvalue weighted by Gasteiger charge is -2.30. The van der Waals surface area contributed by atoms with Gasteiger partial charge < -0.3 is 28.8 Å². The summed E-state index contributed by atoms with van der Waals surface area (Å²) in [6.07, 6.45) is 39.7. The average molecular weight is 725 g/mol. The molecule has 9 heteroatoms. The number of unbranched alkanes of at least 4 members (excludes halogenated alkanes) is 14. The number of nitrogens with zero attached hydrogens (tertiary/aromatic N) is 1. The summed E-state index contributed by atoms with van der Waals surface area (Å²) in [6.45, 7) is 4.54. The molecule has 0 spiro atoms. The molecule has 2 N–H and O–H groups in total. The van der Waals surface area contributed by atoms with E-state index in [0.717, 1.165) is 57.8 Å². The van der Waals surface area contributed by atoms with Crippen LogP contribution in [0.5, 0.6) is 0 Å². The Morgan fingerprint density at radius 1 is 0.720 bits per heavy atom. The van der Waals surface area contributed by atoms with Gasteiger partial charge in [-0.2, -0.15) is 0 Å². The van der Waals surface area contributed by atoms with Crippen molar-refractivity contribution in [2.24, 2.45) is 0 Å². The number of phosphoric acid groups is 1. The standard InChI is InChI=1S/C41H77N2O6P/c1-6-8-10-12-14-16-18-20-21-23-25-27-29-31-33-35-41(45)42-39(38-49-50(46,47)48-37-36-43(3,4)5)40(44)34-32-30-28-26-24-22-19-17-15-13-11-9-7-2/h8,10,14,16,20-21,25,27,39-40,44H,6-7,9,11-13,15,17-19,22-24,26,28-38H2,1-5H3,(H-,42,45,46,47)/b10-8-,16-14-,21-20-,27-25-. The van der Waals surface area contributed by atoms with Gasteiger partial charge in [-0.1, -0.05) is 146 Å². The molecule has 292 valence electrons. The number of rotatable bonds is 35. The summed E-state index contributed by atoms with van der Waals surface area (Å²) in [5.74, 6) is -0.208. The lowest BCUT2D eigenvalue weighted by atomic mass is 10.0. The minimum Gasteiger partial charge on any atom is -0.756 e. The molecule has 0 bridgehead atoms. The van der Waals surface area contributed by atoms with Gasteiger partial charge in [0.25, 0.3) is 7.82 Å². The molecular weight excluding hydrogens is 647 g/mol. The van der Waals surface area contributed by atoms with Gasteiger partial charge in [-0.05, 0) is 51.4 Å². The second kappa shape index (κ2) is 33.3. The maximum atomic E-state index is 12.8. The number of allylic oxidation sites excluding steroid dienone is 8. The molecule has 0 radical (unpaired) electrons. The quantitative estimate of drug-likeness (QED) is 0.0292. The third kappa shape index (κ3) is 34.9. The maximum absolute atomic E-state index is 12.8.